The number of allylic oxidation sites excluding steroid dienone is 2. The molecule has 8 heteroatoms. The van der Waals surface area contributed by atoms with Gasteiger partial charge in [0.1, 0.15) is 6.10 Å². The van der Waals surface area contributed by atoms with Gasteiger partial charge in [-0.05, 0) is 37.2 Å². The van der Waals surface area contributed by atoms with Crippen LogP contribution < -0.4 is 0 Å². The van der Waals surface area contributed by atoms with Crippen molar-refractivity contribution in [1.82, 2.24) is 4.90 Å². The first-order valence-electron chi connectivity index (χ1n) is 11.7. The van der Waals surface area contributed by atoms with E-state index in [0.29, 0.717) is 32.5 Å². The number of amides is 1. The van der Waals surface area contributed by atoms with Crippen molar-refractivity contribution in [2.24, 2.45) is 17.3 Å². The predicted octanol–water partition coefficient (Wildman–Crippen LogP) is 1.26. The van der Waals surface area contributed by atoms with E-state index in [0.717, 1.165) is 37.7 Å². The van der Waals surface area contributed by atoms with Crippen LogP contribution in [0.3, 0.4) is 0 Å². The first-order valence-corrected chi connectivity index (χ1v) is 11.7. The highest BCUT2D eigenvalue weighted by atomic mass is 16.7. The molecule has 4 bridgehead atoms. The third-order valence-electron chi connectivity index (χ3n) is 9.78. The van der Waals surface area contributed by atoms with E-state index in [4.69, 9.17) is 18.9 Å². The molecule has 0 aromatic carbocycles. The van der Waals surface area contributed by atoms with Crippen LogP contribution in [0.5, 0.6) is 0 Å². The molecule has 4 aliphatic carbocycles. The van der Waals surface area contributed by atoms with E-state index in [1.807, 2.05) is 0 Å². The molecule has 4 aliphatic heterocycles. The lowest BCUT2D eigenvalue weighted by atomic mass is 9.62. The number of fused-ring (bicyclic) bond motifs is 3. The molecule has 1 amide bonds. The first-order chi connectivity index (χ1) is 14.9. The van der Waals surface area contributed by atoms with E-state index in [-0.39, 0.29) is 29.1 Å². The third kappa shape index (κ3) is 2.14. The van der Waals surface area contributed by atoms with Crippen LogP contribution in [-0.4, -0.2) is 71.5 Å². The number of hydrogen-bond acceptors (Lipinski definition) is 7. The smallest absolute Gasteiger partial charge is 0.243 e. The number of Topliss-reactive ketones (excluding diaryl/α,β-unsaturated/α-hetero) is 1. The molecule has 4 saturated heterocycles. The highest BCUT2D eigenvalue weighted by Crippen LogP contribution is 2.64. The van der Waals surface area contributed by atoms with Crippen LogP contribution in [-0.2, 0) is 28.5 Å². The molecular weight excluding hydrogens is 402 g/mol. The number of nitrogens with zero attached hydrogens (tertiary/aromatic N) is 1. The second-order valence-corrected chi connectivity index (χ2v) is 10.8. The molecule has 8 atom stereocenters. The van der Waals surface area contributed by atoms with Gasteiger partial charge in [0, 0.05) is 30.6 Å². The molecule has 2 saturated carbocycles. The summed E-state index contributed by atoms with van der Waals surface area (Å²) in [6.45, 7) is 3.36. The average Bonchev–Trinajstić information content (AvgIpc) is 3.28. The SMILES string of the molecule is C[C@@]12CC(=O)C3=C(CC[C@@]45C[C@@H]6[C@H](O)[C@@H](O[C@H](O4)N6C=O)[C@@H]5C3)[C@H]1CCC21OCCO1. The Bertz CT molecular complexity index is 896. The third-order valence-corrected chi connectivity index (χ3v) is 9.78. The average molecular weight is 431 g/mol. The minimum Gasteiger partial charge on any atom is -0.388 e. The molecule has 8 aliphatic rings. The summed E-state index contributed by atoms with van der Waals surface area (Å²) in [6.07, 6.45) is 3.84. The highest BCUT2D eigenvalue weighted by Gasteiger charge is 2.69. The van der Waals surface area contributed by atoms with Crippen molar-refractivity contribution in [3.63, 3.8) is 0 Å². The lowest BCUT2D eigenvalue weighted by Gasteiger charge is -2.64. The van der Waals surface area contributed by atoms with Crippen molar-refractivity contribution in [2.45, 2.75) is 87.9 Å². The van der Waals surface area contributed by atoms with Crippen LogP contribution in [0.2, 0.25) is 0 Å². The Kier molecular flexibility index (Phi) is 3.69. The van der Waals surface area contributed by atoms with Gasteiger partial charge in [-0.2, -0.15) is 0 Å². The van der Waals surface area contributed by atoms with Crippen LogP contribution in [0.25, 0.3) is 0 Å². The number of carbonyl (C=O) groups excluding carboxylic acids is 2. The zero-order valence-corrected chi connectivity index (χ0v) is 17.7. The van der Waals surface area contributed by atoms with Gasteiger partial charge in [-0.3, -0.25) is 14.5 Å². The molecule has 31 heavy (non-hydrogen) atoms. The van der Waals surface area contributed by atoms with Crippen molar-refractivity contribution in [2.75, 3.05) is 13.2 Å². The van der Waals surface area contributed by atoms with Crippen LogP contribution in [0.4, 0.5) is 0 Å². The number of carbonyl (C=O) groups is 2. The quantitative estimate of drug-likeness (QED) is 0.625. The summed E-state index contributed by atoms with van der Waals surface area (Å²) in [4.78, 5) is 26.6. The molecule has 0 aromatic rings. The van der Waals surface area contributed by atoms with Crippen molar-refractivity contribution in [3.05, 3.63) is 11.1 Å². The number of hydrogen-bond donors (Lipinski definition) is 1. The Labute approximate surface area is 180 Å². The standard InChI is InChI=1S/C23H29NO7/c1-21-10-17(26)13-8-15-19-18(27)16-9-22(15,31-20(30-19)24(16)11-25)4-2-12(13)14(21)3-5-23(21)28-6-7-29-23/h11,14-16,18-20,27H,2-10H2,1H3/t14-,15+,16-,18+,19+,20-,21-,22+/m1/s1. The second-order valence-electron chi connectivity index (χ2n) is 10.8. The normalized spacial score (nSPS) is 51.7. The van der Waals surface area contributed by atoms with E-state index in [1.54, 1.807) is 0 Å². The largest absolute Gasteiger partial charge is 0.388 e. The van der Waals surface area contributed by atoms with Crippen LogP contribution in [0.1, 0.15) is 51.9 Å². The van der Waals surface area contributed by atoms with Crippen LogP contribution in [0.15, 0.2) is 11.1 Å². The molecule has 0 aromatic heterocycles. The Morgan fingerprint density at radius 1 is 1.23 bits per heavy atom. The monoisotopic (exact) mass is 431 g/mol. The van der Waals surface area contributed by atoms with Gasteiger partial charge in [0.25, 0.3) is 0 Å². The Balaban J connectivity index is 1.27. The molecule has 4 heterocycles. The number of ether oxygens (including phenoxy) is 4. The zero-order chi connectivity index (χ0) is 21.2. The maximum absolute atomic E-state index is 13.5. The molecule has 6 fully saturated rings. The van der Waals surface area contributed by atoms with Crippen molar-refractivity contribution in [1.29, 1.82) is 0 Å². The fourth-order valence-electron chi connectivity index (χ4n) is 8.32. The molecule has 0 radical (unpaired) electrons. The van der Waals surface area contributed by atoms with Crippen LogP contribution >= 0.6 is 0 Å². The van der Waals surface area contributed by atoms with E-state index < -0.39 is 30.0 Å². The first kappa shape index (κ1) is 19.2. The van der Waals surface area contributed by atoms with Crippen molar-refractivity contribution in [3.8, 4) is 0 Å². The van der Waals surface area contributed by atoms with E-state index in [1.165, 1.54) is 10.5 Å². The highest BCUT2D eigenvalue weighted by molar-refractivity contribution is 5.98. The van der Waals surface area contributed by atoms with Gasteiger partial charge in [0.2, 0.25) is 12.8 Å². The molecule has 168 valence electrons. The Hall–Kier alpha value is -1.32. The lowest BCUT2D eigenvalue weighted by Crippen LogP contribution is -2.77. The summed E-state index contributed by atoms with van der Waals surface area (Å²) in [5.41, 5.74) is 1.39. The summed E-state index contributed by atoms with van der Waals surface area (Å²) < 4.78 is 24.7. The number of rotatable bonds is 1. The fraction of sp³-hybridized carbons (Fsp3) is 0.826. The van der Waals surface area contributed by atoms with Gasteiger partial charge in [-0.1, -0.05) is 12.5 Å². The topological polar surface area (TPSA) is 94.5 Å². The maximum Gasteiger partial charge on any atom is 0.243 e. The molecule has 1 N–H and O–H groups in total. The van der Waals surface area contributed by atoms with Crippen molar-refractivity contribution < 1.29 is 33.6 Å². The van der Waals surface area contributed by atoms with Gasteiger partial charge in [-0.15, -0.1) is 0 Å². The Morgan fingerprint density at radius 3 is 2.81 bits per heavy atom. The molecule has 8 rings (SSSR count). The molecule has 8 nitrogen and oxygen atoms in total. The van der Waals surface area contributed by atoms with E-state index in [9.17, 15) is 14.7 Å². The lowest BCUT2D eigenvalue weighted by molar-refractivity contribution is -0.425. The van der Waals surface area contributed by atoms with Gasteiger partial charge in [0.05, 0.1) is 31.0 Å². The molecule has 2 spiro atoms. The number of aliphatic hydroxyl groups is 1. The summed E-state index contributed by atoms with van der Waals surface area (Å²) in [7, 11) is 0. The number of aliphatic hydroxyl groups excluding tert-OH is 1. The summed E-state index contributed by atoms with van der Waals surface area (Å²) in [6, 6.07) is -0.280. The van der Waals surface area contributed by atoms with Gasteiger partial charge in [-0.25, -0.2) is 0 Å². The van der Waals surface area contributed by atoms with Crippen LogP contribution in [0, 0.1) is 17.3 Å². The summed E-state index contributed by atoms with van der Waals surface area (Å²) in [5.74, 6) is -0.259. The van der Waals surface area contributed by atoms with Gasteiger partial charge >= 0.3 is 0 Å². The summed E-state index contributed by atoms with van der Waals surface area (Å²) >= 11 is 0. The second kappa shape index (κ2) is 5.97. The van der Waals surface area contributed by atoms with E-state index in [2.05, 4.69) is 6.92 Å². The molecular formula is C23H29NO7. The minimum atomic E-state index is -0.746. The Morgan fingerprint density at radius 2 is 2.03 bits per heavy atom. The summed E-state index contributed by atoms with van der Waals surface area (Å²) in [5, 5.41) is 10.9. The zero-order valence-electron chi connectivity index (χ0n) is 17.7. The van der Waals surface area contributed by atoms with E-state index >= 15 is 0 Å². The predicted molar refractivity (Wildman–Crippen MR) is 104 cm³/mol. The number of ketones is 1. The molecule has 0 unspecified atom stereocenters. The fourth-order valence-corrected chi connectivity index (χ4v) is 8.32. The minimum absolute atomic E-state index is 0.0704. The van der Waals surface area contributed by atoms with Gasteiger partial charge in [0.15, 0.2) is 11.6 Å². The van der Waals surface area contributed by atoms with Crippen molar-refractivity contribution >= 4 is 12.2 Å². The van der Waals surface area contributed by atoms with Gasteiger partial charge < -0.3 is 24.1 Å². The maximum atomic E-state index is 13.5.